The molecule has 6 nitrogen and oxygen atoms in total. The Hall–Kier alpha value is -1.15. The van der Waals surface area contributed by atoms with E-state index < -0.39 is 16.0 Å². The average Bonchev–Trinajstić information content (AvgIpc) is 2.54. The second-order valence-electron chi connectivity index (χ2n) is 5.62. The number of esters is 1. The van der Waals surface area contributed by atoms with E-state index in [2.05, 4.69) is 4.74 Å². The van der Waals surface area contributed by atoms with Crippen LogP contribution < -0.4 is 5.73 Å². The van der Waals surface area contributed by atoms with Gasteiger partial charge in [0.15, 0.2) is 0 Å². The zero-order valence-corrected chi connectivity index (χ0v) is 14.9. The van der Waals surface area contributed by atoms with Crippen molar-refractivity contribution in [1.29, 1.82) is 0 Å². The average molecular weight is 363 g/mol. The number of hydrogen-bond acceptors (Lipinski definition) is 5. The Labute approximate surface area is 143 Å². The number of methoxy groups -OCH3 is 1. The third-order valence-electron chi connectivity index (χ3n) is 4.14. The van der Waals surface area contributed by atoms with Gasteiger partial charge in [-0.15, -0.1) is 12.4 Å². The molecule has 0 saturated carbocycles. The maximum Gasteiger partial charge on any atom is 0.337 e. The lowest BCUT2D eigenvalue weighted by molar-refractivity contribution is 0.0600. The Morgan fingerprint density at radius 3 is 2.48 bits per heavy atom. The highest BCUT2D eigenvalue weighted by atomic mass is 35.5. The first-order valence-corrected chi connectivity index (χ1v) is 8.74. The molecule has 8 heteroatoms. The number of sulfonamides is 1. The molecular weight excluding hydrogens is 340 g/mol. The molecule has 23 heavy (non-hydrogen) atoms. The summed E-state index contributed by atoms with van der Waals surface area (Å²) < 4.78 is 31.4. The fourth-order valence-corrected chi connectivity index (χ4v) is 4.21. The third kappa shape index (κ3) is 4.44. The van der Waals surface area contributed by atoms with E-state index in [-0.39, 0.29) is 28.9 Å². The van der Waals surface area contributed by atoms with E-state index in [1.807, 2.05) is 6.92 Å². The van der Waals surface area contributed by atoms with Gasteiger partial charge in [-0.05, 0) is 43.9 Å². The van der Waals surface area contributed by atoms with Gasteiger partial charge in [0, 0.05) is 19.1 Å². The minimum atomic E-state index is -3.59. The number of halogens is 1. The predicted molar refractivity (Wildman–Crippen MR) is 90.2 cm³/mol. The number of carbonyl (C=O) groups is 1. The lowest BCUT2D eigenvalue weighted by atomic mass is 9.92. The molecule has 1 unspecified atom stereocenters. The highest BCUT2D eigenvalue weighted by Crippen LogP contribution is 2.25. The van der Waals surface area contributed by atoms with Gasteiger partial charge in [-0.1, -0.05) is 6.07 Å². The molecule has 1 saturated heterocycles. The van der Waals surface area contributed by atoms with Crippen LogP contribution in [0.25, 0.3) is 0 Å². The van der Waals surface area contributed by atoms with Crippen LogP contribution in [0.3, 0.4) is 0 Å². The number of ether oxygens (including phenoxy) is 1. The molecule has 2 rings (SSSR count). The number of nitrogens with zero attached hydrogens (tertiary/aromatic N) is 1. The zero-order valence-electron chi connectivity index (χ0n) is 13.3. The monoisotopic (exact) mass is 362 g/mol. The van der Waals surface area contributed by atoms with E-state index in [0.29, 0.717) is 19.0 Å². The first-order valence-electron chi connectivity index (χ1n) is 7.30. The number of carbonyl (C=O) groups excluding carboxylic acids is 1. The van der Waals surface area contributed by atoms with Crippen molar-refractivity contribution in [2.45, 2.75) is 30.7 Å². The van der Waals surface area contributed by atoms with E-state index in [4.69, 9.17) is 5.73 Å². The van der Waals surface area contributed by atoms with Gasteiger partial charge in [0.1, 0.15) is 0 Å². The minimum absolute atomic E-state index is 0. The van der Waals surface area contributed by atoms with Gasteiger partial charge in [-0.25, -0.2) is 13.2 Å². The van der Waals surface area contributed by atoms with Crippen molar-refractivity contribution in [3.8, 4) is 0 Å². The predicted octanol–water partition coefficient (Wildman–Crippen LogP) is 1.64. The Morgan fingerprint density at radius 2 is 1.96 bits per heavy atom. The SMILES string of the molecule is COC(=O)c1cccc(S(=O)(=O)N2CCC(C(C)N)CC2)c1.Cl. The first-order chi connectivity index (χ1) is 10.4. The lowest BCUT2D eigenvalue weighted by Crippen LogP contribution is -2.42. The van der Waals surface area contributed by atoms with Crippen molar-refractivity contribution >= 4 is 28.4 Å². The molecule has 1 heterocycles. The van der Waals surface area contributed by atoms with Crippen LogP contribution in [0.5, 0.6) is 0 Å². The molecule has 130 valence electrons. The van der Waals surface area contributed by atoms with Crippen LogP contribution in [0, 0.1) is 5.92 Å². The summed E-state index contributed by atoms with van der Waals surface area (Å²) in [5.74, 6) is -0.194. The van der Waals surface area contributed by atoms with Crippen LogP contribution in [0.2, 0.25) is 0 Å². The summed E-state index contributed by atoms with van der Waals surface area (Å²) in [5.41, 5.74) is 6.11. The number of nitrogens with two attached hydrogens (primary N) is 1. The smallest absolute Gasteiger partial charge is 0.337 e. The van der Waals surface area contributed by atoms with Crippen molar-refractivity contribution in [3.63, 3.8) is 0 Å². The molecule has 1 fully saturated rings. The molecule has 0 aliphatic carbocycles. The second-order valence-corrected chi connectivity index (χ2v) is 7.56. The van der Waals surface area contributed by atoms with E-state index in [9.17, 15) is 13.2 Å². The van der Waals surface area contributed by atoms with Gasteiger partial charge >= 0.3 is 5.97 Å². The van der Waals surface area contributed by atoms with E-state index >= 15 is 0 Å². The number of hydrogen-bond donors (Lipinski definition) is 1. The molecule has 1 aliphatic heterocycles. The molecule has 0 spiro atoms. The number of piperidine rings is 1. The van der Waals surface area contributed by atoms with Crippen LogP contribution in [-0.4, -0.2) is 44.9 Å². The van der Waals surface area contributed by atoms with Crippen LogP contribution >= 0.6 is 12.4 Å². The Bertz CT molecular complexity index is 641. The van der Waals surface area contributed by atoms with Crippen LogP contribution in [-0.2, 0) is 14.8 Å². The Kier molecular flexibility index (Phi) is 7.01. The maximum atomic E-state index is 12.7. The summed E-state index contributed by atoms with van der Waals surface area (Å²) in [7, 11) is -2.32. The quantitative estimate of drug-likeness (QED) is 0.822. The Balaban J connectivity index is 0.00000264. The maximum absolute atomic E-state index is 12.7. The normalized spacial score (nSPS) is 18.0. The van der Waals surface area contributed by atoms with Gasteiger partial charge in [0.05, 0.1) is 17.6 Å². The van der Waals surface area contributed by atoms with Crippen molar-refractivity contribution in [2.75, 3.05) is 20.2 Å². The third-order valence-corrected chi connectivity index (χ3v) is 6.03. The molecule has 2 N–H and O–H groups in total. The van der Waals surface area contributed by atoms with Crippen molar-refractivity contribution < 1.29 is 17.9 Å². The summed E-state index contributed by atoms with van der Waals surface area (Å²) in [6.45, 7) is 2.86. The number of benzene rings is 1. The molecular formula is C15H23ClN2O4S. The molecule has 0 amide bonds. The van der Waals surface area contributed by atoms with Gasteiger partial charge < -0.3 is 10.5 Å². The summed E-state index contributed by atoms with van der Waals surface area (Å²) in [4.78, 5) is 11.7. The van der Waals surface area contributed by atoms with Crippen LogP contribution in [0.1, 0.15) is 30.1 Å². The zero-order chi connectivity index (χ0) is 16.3. The number of rotatable bonds is 4. The standard InChI is InChI=1S/C15H22N2O4S.ClH/c1-11(16)12-6-8-17(9-7-12)22(19,20)14-5-3-4-13(10-14)15(18)21-2;/h3-5,10-12H,6-9,16H2,1-2H3;1H. The van der Waals surface area contributed by atoms with Crippen molar-refractivity contribution in [3.05, 3.63) is 29.8 Å². The van der Waals surface area contributed by atoms with Crippen LogP contribution in [0.4, 0.5) is 0 Å². The topological polar surface area (TPSA) is 89.7 Å². The van der Waals surface area contributed by atoms with Gasteiger partial charge in [-0.2, -0.15) is 4.31 Å². The van der Waals surface area contributed by atoms with Crippen LogP contribution in [0.15, 0.2) is 29.2 Å². The van der Waals surface area contributed by atoms with E-state index in [1.165, 1.54) is 29.6 Å². The van der Waals surface area contributed by atoms with Gasteiger partial charge in [0.2, 0.25) is 10.0 Å². The lowest BCUT2D eigenvalue weighted by Gasteiger charge is -2.32. The fraction of sp³-hybridized carbons (Fsp3) is 0.533. The summed E-state index contributed by atoms with van der Waals surface area (Å²) in [5, 5.41) is 0. The summed E-state index contributed by atoms with van der Waals surface area (Å²) in [6, 6.07) is 6.02. The summed E-state index contributed by atoms with van der Waals surface area (Å²) >= 11 is 0. The first kappa shape index (κ1) is 19.9. The largest absolute Gasteiger partial charge is 0.465 e. The van der Waals surface area contributed by atoms with Gasteiger partial charge in [0.25, 0.3) is 0 Å². The molecule has 0 radical (unpaired) electrons. The summed E-state index contributed by atoms with van der Waals surface area (Å²) in [6.07, 6.45) is 1.52. The van der Waals surface area contributed by atoms with Crippen molar-refractivity contribution in [1.82, 2.24) is 4.31 Å². The highest BCUT2D eigenvalue weighted by molar-refractivity contribution is 7.89. The molecule has 1 aromatic carbocycles. The molecule has 0 aromatic heterocycles. The molecule has 1 atom stereocenters. The van der Waals surface area contributed by atoms with E-state index in [0.717, 1.165) is 12.8 Å². The molecule has 0 bridgehead atoms. The van der Waals surface area contributed by atoms with Gasteiger partial charge in [-0.3, -0.25) is 0 Å². The fourth-order valence-electron chi connectivity index (χ4n) is 2.69. The Morgan fingerprint density at radius 1 is 1.35 bits per heavy atom. The second kappa shape index (κ2) is 8.10. The van der Waals surface area contributed by atoms with Crippen molar-refractivity contribution in [2.24, 2.45) is 11.7 Å². The van der Waals surface area contributed by atoms with E-state index in [1.54, 1.807) is 6.07 Å². The molecule has 1 aliphatic rings. The minimum Gasteiger partial charge on any atom is -0.465 e. The highest BCUT2D eigenvalue weighted by Gasteiger charge is 2.30. The molecule has 1 aromatic rings.